The number of nitrogens with one attached hydrogen (secondary N) is 1. The van der Waals surface area contributed by atoms with Crippen molar-refractivity contribution in [3.8, 4) is 11.3 Å². The van der Waals surface area contributed by atoms with Crippen LogP contribution in [0.25, 0.3) is 11.3 Å². The average Bonchev–Trinajstić information content (AvgIpc) is 2.65. The van der Waals surface area contributed by atoms with Crippen LogP contribution in [-0.2, 0) is 0 Å². The molecule has 0 aliphatic heterocycles. The average molecular weight is 237 g/mol. The summed E-state index contributed by atoms with van der Waals surface area (Å²) in [5, 5.41) is 7.49. The molecule has 84 valence electrons. The van der Waals surface area contributed by atoms with E-state index in [2.05, 4.69) is 10.2 Å². The van der Waals surface area contributed by atoms with E-state index in [0.717, 1.165) is 22.0 Å². The fraction of sp³-hybridized carbons (Fsp3) is 0.182. The predicted molar refractivity (Wildman–Crippen MR) is 67.8 cm³/mol. The number of aromatic nitrogens is 2. The van der Waals surface area contributed by atoms with Gasteiger partial charge in [0.15, 0.2) is 0 Å². The van der Waals surface area contributed by atoms with Gasteiger partial charge in [0, 0.05) is 25.7 Å². The van der Waals surface area contributed by atoms with E-state index in [9.17, 15) is 0 Å². The van der Waals surface area contributed by atoms with Gasteiger partial charge in [-0.05, 0) is 12.1 Å². The largest absolute Gasteiger partial charge is 0.382 e. The van der Waals surface area contributed by atoms with Crippen molar-refractivity contribution in [1.82, 2.24) is 10.2 Å². The molecule has 0 saturated heterocycles. The topological polar surface area (TPSA) is 57.9 Å². The first kappa shape index (κ1) is 10.8. The van der Waals surface area contributed by atoms with E-state index < -0.39 is 0 Å². The molecule has 0 atom stereocenters. The second-order valence-electron chi connectivity index (χ2n) is 3.77. The smallest absolute Gasteiger partial charge is 0.145 e. The minimum absolute atomic E-state index is 0.483. The van der Waals surface area contributed by atoms with E-state index >= 15 is 0 Å². The van der Waals surface area contributed by atoms with Crippen molar-refractivity contribution in [1.29, 1.82) is 0 Å². The minimum atomic E-state index is 0.483. The lowest BCUT2D eigenvalue weighted by Crippen LogP contribution is -2.09. The lowest BCUT2D eigenvalue weighted by Gasteiger charge is -2.15. The normalized spacial score (nSPS) is 10.4. The number of halogens is 1. The van der Waals surface area contributed by atoms with Crippen molar-refractivity contribution in [3.05, 3.63) is 29.3 Å². The number of H-pyrrole nitrogens is 1. The third kappa shape index (κ3) is 1.97. The molecule has 1 heterocycles. The number of nitrogen functional groups attached to an aromatic ring is 1. The number of benzene rings is 1. The van der Waals surface area contributed by atoms with Crippen molar-refractivity contribution in [2.75, 3.05) is 24.7 Å². The predicted octanol–water partition coefficient (Wildman–Crippen LogP) is 2.38. The first-order chi connectivity index (χ1) is 7.58. The lowest BCUT2D eigenvalue weighted by atomic mass is 10.1. The molecule has 5 heteroatoms. The molecule has 2 aromatic rings. The van der Waals surface area contributed by atoms with Crippen LogP contribution in [0.4, 0.5) is 11.5 Å². The van der Waals surface area contributed by atoms with Crippen molar-refractivity contribution >= 4 is 23.1 Å². The Hall–Kier alpha value is -1.68. The molecule has 0 amide bonds. The molecule has 0 fully saturated rings. The quantitative estimate of drug-likeness (QED) is 0.842. The molecule has 3 N–H and O–H groups in total. The molecule has 0 saturated carbocycles. The fourth-order valence-corrected chi connectivity index (χ4v) is 1.79. The fourth-order valence-electron chi connectivity index (χ4n) is 1.51. The summed E-state index contributed by atoms with van der Waals surface area (Å²) < 4.78 is 0. The van der Waals surface area contributed by atoms with Gasteiger partial charge in [-0.25, -0.2) is 0 Å². The second kappa shape index (κ2) is 4.06. The van der Waals surface area contributed by atoms with Crippen LogP contribution >= 0.6 is 11.6 Å². The monoisotopic (exact) mass is 236 g/mol. The molecule has 0 radical (unpaired) electrons. The molecule has 1 aromatic heterocycles. The number of anilines is 2. The van der Waals surface area contributed by atoms with Crippen molar-refractivity contribution in [2.24, 2.45) is 0 Å². The van der Waals surface area contributed by atoms with E-state index in [1.165, 1.54) is 0 Å². The van der Waals surface area contributed by atoms with Crippen LogP contribution in [0, 0.1) is 0 Å². The highest BCUT2D eigenvalue weighted by Crippen LogP contribution is 2.29. The van der Waals surface area contributed by atoms with E-state index in [-0.39, 0.29) is 0 Å². The number of nitrogens with zero attached hydrogens (tertiary/aromatic N) is 2. The Kier molecular flexibility index (Phi) is 2.75. The van der Waals surface area contributed by atoms with E-state index in [1.807, 2.05) is 37.2 Å². The Morgan fingerprint density at radius 3 is 2.62 bits per heavy atom. The SMILES string of the molecule is CN(C)c1cc(-c2cc(N)n[nH]2)ccc1Cl. The standard InChI is InChI=1S/C11H13ClN4/c1-16(2)10-5-7(3-4-8(10)12)9-6-11(13)15-14-9/h3-6H,1-2H3,(H3,13,14,15). The summed E-state index contributed by atoms with van der Waals surface area (Å²) in [5.41, 5.74) is 8.43. The molecule has 16 heavy (non-hydrogen) atoms. The van der Waals surface area contributed by atoms with Gasteiger partial charge in [0.25, 0.3) is 0 Å². The first-order valence-electron chi connectivity index (χ1n) is 4.86. The van der Waals surface area contributed by atoms with Crippen LogP contribution < -0.4 is 10.6 Å². The molecule has 0 unspecified atom stereocenters. The van der Waals surface area contributed by atoms with Gasteiger partial charge < -0.3 is 10.6 Å². The summed E-state index contributed by atoms with van der Waals surface area (Å²) >= 11 is 6.09. The summed E-state index contributed by atoms with van der Waals surface area (Å²) in [6, 6.07) is 7.59. The van der Waals surface area contributed by atoms with Gasteiger partial charge in [-0.3, -0.25) is 5.10 Å². The number of hydrogen-bond donors (Lipinski definition) is 2. The van der Waals surface area contributed by atoms with Crippen LogP contribution in [0.2, 0.25) is 5.02 Å². The maximum atomic E-state index is 6.09. The van der Waals surface area contributed by atoms with Crippen LogP contribution in [0.5, 0.6) is 0 Å². The number of hydrogen-bond acceptors (Lipinski definition) is 3. The van der Waals surface area contributed by atoms with Gasteiger partial charge in [0.05, 0.1) is 16.4 Å². The zero-order valence-electron chi connectivity index (χ0n) is 9.16. The molecule has 1 aromatic carbocycles. The van der Waals surface area contributed by atoms with Gasteiger partial charge >= 0.3 is 0 Å². The summed E-state index contributed by atoms with van der Waals surface area (Å²) in [5.74, 6) is 0.483. The van der Waals surface area contributed by atoms with Gasteiger partial charge in [-0.2, -0.15) is 5.10 Å². The molecule has 0 spiro atoms. The molecular weight excluding hydrogens is 224 g/mol. The Morgan fingerprint density at radius 2 is 2.06 bits per heavy atom. The van der Waals surface area contributed by atoms with E-state index in [1.54, 1.807) is 6.07 Å². The van der Waals surface area contributed by atoms with Crippen molar-refractivity contribution in [3.63, 3.8) is 0 Å². The highest BCUT2D eigenvalue weighted by molar-refractivity contribution is 6.33. The van der Waals surface area contributed by atoms with E-state index in [4.69, 9.17) is 17.3 Å². The highest BCUT2D eigenvalue weighted by atomic mass is 35.5. The maximum Gasteiger partial charge on any atom is 0.145 e. The molecule has 2 rings (SSSR count). The summed E-state index contributed by atoms with van der Waals surface area (Å²) in [4.78, 5) is 1.96. The molecular formula is C11H13ClN4. The molecule has 4 nitrogen and oxygen atoms in total. The molecule has 0 aliphatic rings. The second-order valence-corrected chi connectivity index (χ2v) is 4.17. The number of nitrogens with two attached hydrogens (primary N) is 1. The van der Waals surface area contributed by atoms with Gasteiger partial charge in [0.1, 0.15) is 5.82 Å². The minimum Gasteiger partial charge on any atom is -0.382 e. The van der Waals surface area contributed by atoms with Crippen LogP contribution in [0.3, 0.4) is 0 Å². The van der Waals surface area contributed by atoms with Gasteiger partial charge in [0.2, 0.25) is 0 Å². The van der Waals surface area contributed by atoms with Gasteiger partial charge in [-0.1, -0.05) is 17.7 Å². The van der Waals surface area contributed by atoms with Crippen molar-refractivity contribution in [2.45, 2.75) is 0 Å². The van der Waals surface area contributed by atoms with Crippen LogP contribution in [-0.4, -0.2) is 24.3 Å². The zero-order chi connectivity index (χ0) is 11.7. The Bertz CT molecular complexity index is 504. The number of aromatic amines is 1. The van der Waals surface area contributed by atoms with E-state index in [0.29, 0.717) is 5.82 Å². The van der Waals surface area contributed by atoms with Gasteiger partial charge in [-0.15, -0.1) is 0 Å². The molecule has 0 bridgehead atoms. The van der Waals surface area contributed by atoms with Crippen molar-refractivity contribution < 1.29 is 0 Å². The zero-order valence-corrected chi connectivity index (χ0v) is 9.92. The summed E-state index contributed by atoms with van der Waals surface area (Å²) in [7, 11) is 3.90. The Labute approximate surface area is 99.0 Å². The number of rotatable bonds is 2. The third-order valence-corrected chi connectivity index (χ3v) is 2.66. The van der Waals surface area contributed by atoms with Crippen LogP contribution in [0.1, 0.15) is 0 Å². The summed E-state index contributed by atoms with van der Waals surface area (Å²) in [6.45, 7) is 0. The Morgan fingerprint density at radius 1 is 1.31 bits per heavy atom. The lowest BCUT2D eigenvalue weighted by molar-refractivity contribution is 1.10. The maximum absolute atomic E-state index is 6.09. The first-order valence-corrected chi connectivity index (χ1v) is 5.24. The molecule has 0 aliphatic carbocycles. The third-order valence-electron chi connectivity index (χ3n) is 2.34. The summed E-state index contributed by atoms with van der Waals surface area (Å²) in [6.07, 6.45) is 0. The Balaban J connectivity index is 2.47. The van der Waals surface area contributed by atoms with Crippen LogP contribution in [0.15, 0.2) is 24.3 Å². The highest BCUT2D eigenvalue weighted by Gasteiger charge is 2.07.